The van der Waals surface area contributed by atoms with E-state index in [2.05, 4.69) is 40.3 Å². The molecular weight excluding hydrogens is 1590 g/mol. The van der Waals surface area contributed by atoms with Crippen molar-refractivity contribution in [3.63, 3.8) is 0 Å². The molecule has 0 aliphatic carbocycles. The molecular formula is C77H92Cl4N12O22. The lowest BCUT2D eigenvalue weighted by Crippen LogP contribution is -2.51. The number of ether oxygens (including phenoxy) is 4. The summed E-state index contributed by atoms with van der Waals surface area (Å²) >= 11 is 26.3. The Hall–Kier alpha value is -11.3. The summed E-state index contributed by atoms with van der Waals surface area (Å²) in [5.74, 6) is -3.61. The number of aryl methyl sites for hydroxylation is 2. The number of furan rings is 4. The topological polar surface area (TPSA) is 484 Å². The first-order chi connectivity index (χ1) is 54.4. The van der Waals surface area contributed by atoms with Crippen LogP contribution in [0, 0.1) is 11.8 Å². The quantitative estimate of drug-likeness (QED) is 0.00952. The van der Waals surface area contributed by atoms with Crippen LogP contribution in [0.4, 0.5) is 4.79 Å². The first kappa shape index (κ1) is 90.9. The van der Waals surface area contributed by atoms with Crippen LogP contribution in [0.5, 0.6) is 11.5 Å². The number of carboxylic acids is 3. The maximum atomic E-state index is 13.0. The molecule has 620 valence electrons. The number of carbonyl (C=O) groups is 10. The summed E-state index contributed by atoms with van der Waals surface area (Å²) in [6.45, 7) is 14.6. The number of esters is 1. The molecule has 0 bridgehead atoms. The van der Waals surface area contributed by atoms with Crippen molar-refractivity contribution in [3.8, 4) is 34.0 Å². The van der Waals surface area contributed by atoms with E-state index in [1.54, 1.807) is 59.5 Å². The Morgan fingerprint density at radius 3 is 1.38 bits per heavy atom. The summed E-state index contributed by atoms with van der Waals surface area (Å²) in [5, 5.41) is 53.1. The highest BCUT2D eigenvalue weighted by molar-refractivity contribution is 6.45. The minimum absolute atomic E-state index is 0.0254. The number of hydrogen-bond acceptors (Lipinski definition) is 22. The smallest absolute Gasteiger partial charge is 0.408 e. The van der Waals surface area contributed by atoms with Gasteiger partial charge in [-0.3, -0.25) is 33.3 Å². The largest absolute Gasteiger partial charge is 0.484 e. The average molecular weight is 1680 g/mol. The third kappa shape index (κ3) is 26.6. The van der Waals surface area contributed by atoms with Crippen LogP contribution in [0.3, 0.4) is 0 Å². The van der Waals surface area contributed by atoms with Gasteiger partial charge in [0.15, 0.2) is 18.0 Å². The van der Waals surface area contributed by atoms with Gasteiger partial charge in [0.1, 0.15) is 76.3 Å². The summed E-state index contributed by atoms with van der Waals surface area (Å²) in [6.07, 6.45) is 3.48. The number of nitrogens with zero attached hydrogens (tertiary/aromatic N) is 7. The Balaban J connectivity index is 0.000000253. The van der Waals surface area contributed by atoms with Crippen LogP contribution in [0.25, 0.3) is 22.5 Å². The lowest BCUT2D eigenvalue weighted by molar-refractivity contribution is -0.134. The summed E-state index contributed by atoms with van der Waals surface area (Å²) in [7, 11) is 4.98. The third-order valence-corrected chi connectivity index (χ3v) is 19.2. The molecule has 0 unspecified atom stereocenters. The number of piperidine rings is 2. The number of nitrogens with two attached hydrogens (primary N) is 2. The third-order valence-electron chi connectivity index (χ3n) is 17.5. The van der Waals surface area contributed by atoms with E-state index in [0.717, 1.165) is 24.2 Å². The van der Waals surface area contributed by atoms with Gasteiger partial charge >= 0.3 is 30.0 Å². The lowest BCUT2D eigenvalue weighted by atomic mass is 9.92. The van der Waals surface area contributed by atoms with Crippen LogP contribution >= 0.6 is 46.4 Å². The fourth-order valence-electron chi connectivity index (χ4n) is 12.0. The van der Waals surface area contributed by atoms with Gasteiger partial charge in [-0.1, -0.05) is 74.1 Å². The molecule has 2 fully saturated rings. The van der Waals surface area contributed by atoms with Gasteiger partial charge in [-0.05, 0) is 156 Å². The molecule has 0 radical (unpaired) electrons. The second-order valence-electron chi connectivity index (χ2n) is 28.2. The van der Waals surface area contributed by atoms with E-state index in [9.17, 15) is 47.9 Å². The summed E-state index contributed by atoms with van der Waals surface area (Å²) < 4.78 is 44.5. The maximum Gasteiger partial charge on any atom is 0.408 e. The van der Waals surface area contributed by atoms with Crippen molar-refractivity contribution < 1.29 is 105 Å². The van der Waals surface area contributed by atoms with Crippen molar-refractivity contribution in [2.45, 2.75) is 136 Å². The number of amides is 5. The number of carboxylic acid groups (broad SMARTS) is 3. The number of aliphatic hydroxyl groups is 1. The van der Waals surface area contributed by atoms with Gasteiger partial charge in [0, 0.05) is 74.6 Å². The zero-order valence-corrected chi connectivity index (χ0v) is 67.7. The fourth-order valence-corrected chi connectivity index (χ4v) is 12.9. The van der Waals surface area contributed by atoms with Crippen molar-refractivity contribution in [1.82, 2.24) is 45.3 Å². The lowest BCUT2D eigenvalue weighted by Gasteiger charge is -2.32. The Morgan fingerprint density at radius 2 is 1.01 bits per heavy atom. The second-order valence-corrected chi connectivity index (χ2v) is 29.7. The molecule has 115 heavy (non-hydrogen) atoms. The van der Waals surface area contributed by atoms with E-state index < -0.39 is 53.6 Å². The number of aliphatic hydroxyl groups excluding tert-OH is 1. The number of alkyl carbamates (subject to hydrolysis) is 1. The molecule has 2 saturated heterocycles. The predicted molar refractivity (Wildman–Crippen MR) is 419 cm³/mol. The highest BCUT2D eigenvalue weighted by Crippen LogP contribution is 2.43. The molecule has 6 aromatic heterocycles. The standard InChI is InChI=1S/C34H43Cl2N5O8.C30H37Cl2N7O6.C7H8O4.C6H4O4/c1-19(2)15-24(38-33(46)49-34(3,4)5)31(43)37-17-28(42)41-13-11-20(12-14-41)25-16-23(39-40(25)6)22-8-10-26(30(36)29(22)35)47-18-21-7-9-27(48-21)32(44)45;1-16(2)12-21(36-30(33)34)28(41)35-14-25(40)39-10-8-17(9-11-39)22-13-20(37-38(22)3)19-5-7-23(27(32)26(19)31)44-15-18-4-6-24(45-18)29(42)43;1-10-7(9)6-3-2-5(4-8)11-6;7-3-4-1-2-5(10-4)6(8)9/h7-10,16,19-20,24H,11-15,17-18H2,1-6H3,(H,37,43)(H,38,46)(H,44,45);4-7,13,16-17,21H,8-12,14-15H2,1-3H3,(H,35,41)(H,42,43)(H4,33,34,36);2-3,8H,4H2,1H3;1-3H,(H,8,9)/t24-;21-;;/m11../s1. The van der Waals surface area contributed by atoms with E-state index in [0.29, 0.717) is 109 Å². The predicted octanol–water partition coefficient (Wildman–Crippen LogP) is 11.1. The number of benzene rings is 2. The number of rotatable bonds is 28. The number of aldehydes is 1. The maximum absolute atomic E-state index is 13.0. The van der Waals surface area contributed by atoms with E-state index in [1.807, 2.05) is 58.6 Å². The molecule has 38 heteroatoms. The monoisotopic (exact) mass is 1680 g/mol. The molecule has 10 rings (SSSR count). The van der Waals surface area contributed by atoms with Crippen molar-refractivity contribution in [2.75, 3.05) is 46.4 Å². The highest BCUT2D eigenvalue weighted by atomic mass is 35.5. The van der Waals surface area contributed by atoms with Gasteiger partial charge in [-0.2, -0.15) is 10.2 Å². The van der Waals surface area contributed by atoms with Crippen molar-refractivity contribution in [1.29, 1.82) is 0 Å². The SMILES string of the molecule is CC(C)C[C@@H](N=C(N)N)C(=O)NCC(=O)N1CCC(c2cc(-c3ccc(OCc4ccc(C(=O)O)o4)c(Cl)c3Cl)nn2C)CC1.CC(C)C[C@@H](NC(=O)OC(C)(C)C)C(=O)NCC(=O)N1CCC(c2cc(-c3ccc(OCc4ccc(C(=O)O)o4)c(Cl)c3Cl)nn2C)CC1.COC(=O)c1ccc(CO)o1.O=Cc1ccc(C(=O)O)o1. The molecule has 8 aromatic rings. The number of hydrogen-bond donors (Lipinski definition) is 9. The number of aromatic nitrogens is 4. The first-order valence-electron chi connectivity index (χ1n) is 36.1. The van der Waals surface area contributed by atoms with Gasteiger partial charge in [-0.15, -0.1) is 0 Å². The van der Waals surface area contributed by atoms with Crippen LogP contribution in [-0.4, -0.2) is 180 Å². The van der Waals surface area contributed by atoms with E-state index in [-0.39, 0.29) is 129 Å². The molecule has 2 aromatic carbocycles. The van der Waals surface area contributed by atoms with Crippen molar-refractivity contribution in [2.24, 2.45) is 42.4 Å². The Kier molecular flexibility index (Phi) is 33.3. The van der Waals surface area contributed by atoms with E-state index in [4.69, 9.17) is 106 Å². The summed E-state index contributed by atoms with van der Waals surface area (Å²) in [5.41, 5.74) is 14.7. The number of likely N-dealkylation sites (tertiary alicyclic amines) is 2. The van der Waals surface area contributed by atoms with Crippen molar-refractivity contribution >= 4 is 112 Å². The van der Waals surface area contributed by atoms with Crippen LogP contribution in [-0.2, 0) is 62.6 Å². The zero-order chi connectivity index (χ0) is 84.7. The molecule has 0 spiro atoms. The highest BCUT2D eigenvalue weighted by Gasteiger charge is 2.32. The number of guanidine groups is 1. The molecule has 2 atom stereocenters. The molecule has 0 saturated carbocycles. The summed E-state index contributed by atoms with van der Waals surface area (Å²) in [6, 6.07) is 20.4. The van der Waals surface area contributed by atoms with Crippen molar-refractivity contribution in [3.05, 3.63) is 162 Å². The number of halogens is 4. The van der Waals surface area contributed by atoms with Gasteiger partial charge in [0.05, 0.1) is 41.6 Å². The number of methoxy groups -OCH3 is 1. The molecule has 5 amide bonds. The molecule has 11 N–H and O–H groups in total. The molecule has 8 heterocycles. The second kappa shape index (κ2) is 42.2. The van der Waals surface area contributed by atoms with Crippen LogP contribution in [0.1, 0.15) is 180 Å². The van der Waals surface area contributed by atoms with E-state index in [1.165, 1.54) is 55.6 Å². The Labute approximate surface area is 680 Å². The Bertz CT molecular complexity index is 4760. The zero-order valence-electron chi connectivity index (χ0n) is 64.7. The molecule has 2 aliphatic heterocycles. The first-order valence-corrected chi connectivity index (χ1v) is 37.6. The molecule has 2 aliphatic rings. The molecule has 34 nitrogen and oxygen atoms in total. The fraction of sp³-hybridized carbons (Fsp3) is 0.416. The Morgan fingerprint density at radius 1 is 0.591 bits per heavy atom. The van der Waals surface area contributed by atoms with Gasteiger partial charge in [0.2, 0.25) is 46.7 Å². The number of nitrogens with one attached hydrogen (secondary N) is 3. The van der Waals surface area contributed by atoms with E-state index >= 15 is 0 Å². The van der Waals surface area contributed by atoms with Crippen LogP contribution in [0.2, 0.25) is 20.1 Å². The summed E-state index contributed by atoms with van der Waals surface area (Å²) in [4.78, 5) is 124. The average Bonchev–Trinajstić information content (AvgIpc) is 1.70. The van der Waals surface area contributed by atoms with Crippen LogP contribution < -0.4 is 36.9 Å². The van der Waals surface area contributed by atoms with Gasteiger partial charge in [0.25, 0.3) is 0 Å². The number of aromatic carboxylic acids is 3. The number of aliphatic imine (C=N–C) groups is 1. The normalized spacial score (nSPS) is 13.5. The minimum atomic E-state index is -1.17. The number of carbonyl (C=O) groups excluding carboxylic acids is 7. The van der Waals surface area contributed by atoms with Gasteiger partial charge < -0.3 is 94.3 Å². The van der Waals surface area contributed by atoms with Gasteiger partial charge in [-0.25, -0.2) is 29.0 Å². The van der Waals surface area contributed by atoms with Crippen LogP contribution in [0.15, 0.2) is 108 Å². The minimum Gasteiger partial charge on any atom is -0.484 e.